The topological polar surface area (TPSA) is 93.5 Å². The zero-order chi connectivity index (χ0) is 22.6. The summed E-state index contributed by atoms with van der Waals surface area (Å²) >= 11 is 0. The van der Waals surface area contributed by atoms with E-state index in [2.05, 4.69) is 10.4 Å². The fraction of sp³-hybridized carbons (Fsp3) is 0.273. The first-order valence-corrected chi connectivity index (χ1v) is 11.5. The van der Waals surface area contributed by atoms with E-state index >= 15 is 0 Å². The number of nitrogens with one attached hydrogen (secondary N) is 1. The van der Waals surface area contributed by atoms with E-state index in [1.165, 1.54) is 21.1 Å². The lowest BCUT2D eigenvalue weighted by atomic mass is 9.98. The Kier molecular flexibility index (Phi) is 4.79. The van der Waals surface area contributed by atoms with Gasteiger partial charge in [-0.1, -0.05) is 12.1 Å². The molecule has 5 rings (SSSR count). The van der Waals surface area contributed by atoms with Crippen molar-refractivity contribution in [2.75, 3.05) is 13.1 Å². The molecule has 2 aliphatic heterocycles. The molecule has 3 heterocycles. The predicted molar refractivity (Wildman–Crippen MR) is 114 cm³/mol. The van der Waals surface area contributed by atoms with Crippen molar-refractivity contribution < 1.29 is 22.3 Å². The maximum Gasteiger partial charge on any atom is 0.262 e. The summed E-state index contributed by atoms with van der Waals surface area (Å²) < 4.78 is 48.0. The van der Waals surface area contributed by atoms with Crippen molar-refractivity contribution in [1.82, 2.24) is 19.4 Å². The number of benzene rings is 2. The first-order valence-electron chi connectivity index (χ1n) is 10.1. The molecule has 0 atom stereocenters. The summed E-state index contributed by atoms with van der Waals surface area (Å²) in [4.78, 5) is 12.1. The lowest BCUT2D eigenvalue weighted by Gasteiger charge is -2.37. The third kappa shape index (κ3) is 3.45. The molecular formula is C22H21FN4O4S. The molecule has 0 unspecified atom stereocenters. The van der Waals surface area contributed by atoms with Gasteiger partial charge in [0, 0.05) is 30.4 Å². The number of ether oxygens (including phenoxy) is 1. The third-order valence-corrected chi connectivity index (χ3v) is 7.55. The fourth-order valence-electron chi connectivity index (χ4n) is 3.84. The molecule has 32 heavy (non-hydrogen) atoms. The number of amides is 1. The van der Waals surface area contributed by atoms with E-state index in [9.17, 15) is 17.6 Å². The number of aromatic nitrogens is 2. The van der Waals surface area contributed by atoms with Crippen LogP contribution in [-0.4, -0.2) is 47.6 Å². The van der Waals surface area contributed by atoms with Crippen LogP contribution in [0.25, 0.3) is 11.1 Å². The van der Waals surface area contributed by atoms with E-state index in [4.69, 9.17) is 4.74 Å². The number of nitrogens with zero attached hydrogens (tertiary/aromatic N) is 3. The molecule has 1 aromatic heterocycles. The Morgan fingerprint density at radius 1 is 1.12 bits per heavy atom. The molecule has 166 valence electrons. The van der Waals surface area contributed by atoms with Crippen molar-refractivity contribution in [3.63, 3.8) is 0 Å². The zero-order valence-corrected chi connectivity index (χ0v) is 18.3. The normalized spacial score (nSPS) is 16.5. The average molecular weight is 456 g/mol. The number of sulfonamides is 1. The smallest absolute Gasteiger partial charge is 0.262 e. The Balaban J connectivity index is 1.39. The molecular weight excluding hydrogens is 435 g/mol. The van der Waals surface area contributed by atoms with Crippen LogP contribution < -0.4 is 10.1 Å². The molecule has 8 nitrogen and oxygen atoms in total. The van der Waals surface area contributed by atoms with Crippen molar-refractivity contribution in [3.8, 4) is 16.9 Å². The van der Waals surface area contributed by atoms with Gasteiger partial charge in [-0.25, -0.2) is 12.8 Å². The Morgan fingerprint density at radius 2 is 1.84 bits per heavy atom. The summed E-state index contributed by atoms with van der Waals surface area (Å²) in [7, 11) is -1.99. The molecule has 10 heteroatoms. The number of hydrogen-bond donors (Lipinski definition) is 1. The minimum absolute atomic E-state index is 0.0186. The molecule has 1 saturated heterocycles. The molecule has 0 aliphatic carbocycles. The van der Waals surface area contributed by atoms with Crippen molar-refractivity contribution in [2.45, 2.75) is 24.6 Å². The second-order valence-electron chi connectivity index (χ2n) is 8.00. The van der Waals surface area contributed by atoms with Gasteiger partial charge in [0.2, 0.25) is 0 Å². The minimum Gasteiger partial charge on any atom is -0.487 e. The van der Waals surface area contributed by atoms with Crippen LogP contribution in [0.15, 0.2) is 47.5 Å². The van der Waals surface area contributed by atoms with Crippen molar-refractivity contribution in [1.29, 1.82) is 0 Å². The summed E-state index contributed by atoms with van der Waals surface area (Å²) in [6.07, 6.45) is -0.350. The highest BCUT2D eigenvalue weighted by atomic mass is 32.2. The van der Waals surface area contributed by atoms with Gasteiger partial charge in [-0.05, 0) is 48.4 Å². The number of hydrogen-bond acceptors (Lipinski definition) is 5. The summed E-state index contributed by atoms with van der Waals surface area (Å²) in [6, 6.07) is 11.0. The van der Waals surface area contributed by atoms with E-state index in [-0.39, 0.29) is 35.9 Å². The SMILES string of the molecule is Cc1cc(S(=O)(=O)N2CC(Oc3cc4c(cc3-c3ccc(F)cc3)C(=O)NC4)C2)nn1C. The quantitative estimate of drug-likeness (QED) is 0.636. The van der Waals surface area contributed by atoms with Crippen LogP contribution in [0.5, 0.6) is 5.75 Å². The third-order valence-electron chi connectivity index (χ3n) is 5.85. The van der Waals surface area contributed by atoms with Gasteiger partial charge in [0.25, 0.3) is 15.9 Å². The van der Waals surface area contributed by atoms with Crippen molar-refractivity contribution >= 4 is 15.9 Å². The van der Waals surface area contributed by atoms with Crippen LogP contribution in [0, 0.1) is 12.7 Å². The highest BCUT2D eigenvalue weighted by Crippen LogP contribution is 2.36. The van der Waals surface area contributed by atoms with Crippen LogP contribution in [0.4, 0.5) is 4.39 Å². The predicted octanol–water partition coefficient (Wildman–Crippen LogP) is 2.23. The van der Waals surface area contributed by atoms with Gasteiger partial charge in [0.1, 0.15) is 17.7 Å². The second kappa shape index (κ2) is 7.42. The highest BCUT2D eigenvalue weighted by molar-refractivity contribution is 7.89. The van der Waals surface area contributed by atoms with Crippen LogP contribution in [0.2, 0.25) is 0 Å². The van der Waals surface area contributed by atoms with E-state index in [1.807, 2.05) is 0 Å². The largest absolute Gasteiger partial charge is 0.487 e. The molecule has 0 spiro atoms. The molecule has 1 N–H and O–H groups in total. The maximum atomic E-state index is 13.4. The minimum atomic E-state index is -3.69. The van der Waals surface area contributed by atoms with E-state index in [0.717, 1.165) is 11.3 Å². The molecule has 0 saturated carbocycles. The van der Waals surface area contributed by atoms with Crippen molar-refractivity contribution in [3.05, 3.63) is 65.1 Å². The van der Waals surface area contributed by atoms with Gasteiger partial charge in [0.05, 0.1) is 13.1 Å². The molecule has 0 bridgehead atoms. The van der Waals surface area contributed by atoms with Crippen LogP contribution in [0.1, 0.15) is 21.6 Å². The monoisotopic (exact) mass is 456 g/mol. The Labute approximate surface area is 184 Å². The highest BCUT2D eigenvalue weighted by Gasteiger charge is 2.40. The van der Waals surface area contributed by atoms with Crippen LogP contribution >= 0.6 is 0 Å². The maximum absolute atomic E-state index is 13.4. The summed E-state index contributed by atoms with van der Waals surface area (Å²) in [5, 5.41) is 6.88. The summed E-state index contributed by atoms with van der Waals surface area (Å²) in [6.45, 7) is 2.57. The van der Waals surface area contributed by atoms with Crippen LogP contribution in [-0.2, 0) is 23.6 Å². The molecule has 1 amide bonds. The fourth-order valence-corrected chi connectivity index (χ4v) is 5.37. The first kappa shape index (κ1) is 20.7. The second-order valence-corrected chi connectivity index (χ2v) is 9.89. The number of carbonyl (C=O) groups is 1. The van der Waals surface area contributed by atoms with Gasteiger partial charge in [0.15, 0.2) is 5.03 Å². The van der Waals surface area contributed by atoms with Gasteiger partial charge < -0.3 is 10.1 Å². The first-order chi connectivity index (χ1) is 15.2. The number of rotatable bonds is 5. The number of halogens is 1. The summed E-state index contributed by atoms with van der Waals surface area (Å²) in [5.41, 5.74) is 3.48. The summed E-state index contributed by atoms with van der Waals surface area (Å²) in [5.74, 6) is 0.00351. The number of carbonyl (C=O) groups excluding carboxylic acids is 1. The number of fused-ring (bicyclic) bond motifs is 1. The molecule has 2 aliphatic rings. The van der Waals surface area contributed by atoms with Gasteiger partial charge in [-0.3, -0.25) is 9.48 Å². The molecule has 3 aromatic rings. The Hall–Kier alpha value is -3.24. The number of aryl methyl sites for hydroxylation is 2. The van der Waals surface area contributed by atoms with Gasteiger partial charge in [-0.2, -0.15) is 9.40 Å². The van der Waals surface area contributed by atoms with Gasteiger partial charge >= 0.3 is 0 Å². The van der Waals surface area contributed by atoms with E-state index in [1.54, 1.807) is 44.3 Å². The lowest BCUT2D eigenvalue weighted by Crippen LogP contribution is -2.56. The molecule has 2 aromatic carbocycles. The molecule has 0 radical (unpaired) electrons. The zero-order valence-electron chi connectivity index (χ0n) is 17.5. The lowest BCUT2D eigenvalue weighted by molar-refractivity contribution is 0.0764. The Bertz CT molecular complexity index is 1310. The average Bonchev–Trinajstić information content (AvgIpc) is 3.26. The van der Waals surface area contributed by atoms with Gasteiger partial charge in [-0.15, -0.1) is 0 Å². The van der Waals surface area contributed by atoms with E-state index < -0.39 is 10.0 Å². The van der Waals surface area contributed by atoms with Crippen LogP contribution in [0.3, 0.4) is 0 Å². The van der Waals surface area contributed by atoms with E-state index in [0.29, 0.717) is 29.0 Å². The molecule has 1 fully saturated rings. The standard InChI is InChI=1S/C22H21FN4O4S/c1-13-7-21(25-26(13)2)32(29,30)27-11-17(12-27)31-20-8-15-10-24-22(28)19(15)9-18(20)14-3-5-16(23)6-4-14/h3-9,17H,10-12H2,1-2H3,(H,24,28). The van der Waals surface area contributed by atoms with Crippen molar-refractivity contribution in [2.24, 2.45) is 7.05 Å². The Morgan fingerprint density at radius 3 is 2.50 bits per heavy atom.